The van der Waals surface area contributed by atoms with E-state index in [0.29, 0.717) is 17.1 Å². The first-order valence-electron chi connectivity index (χ1n) is 7.91. The smallest absolute Gasteiger partial charge is 0.276 e. The summed E-state index contributed by atoms with van der Waals surface area (Å²) in [5.74, 6) is -2.31. The molecule has 0 saturated carbocycles. The molecule has 8 heteroatoms. The number of amides is 1. The predicted molar refractivity (Wildman–Crippen MR) is 96.1 cm³/mol. The molecule has 6 nitrogen and oxygen atoms in total. The molecule has 0 aliphatic rings. The van der Waals surface area contributed by atoms with Crippen molar-refractivity contribution in [3.63, 3.8) is 0 Å². The van der Waals surface area contributed by atoms with Crippen LogP contribution in [0.15, 0.2) is 54.6 Å². The van der Waals surface area contributed by atoms with Crippen LogP contribution in [0.4, 0.5) is 26.0 Å². The van der Waals surface area contributed by atoms with Gasteiger partial charge < -0.3 is 10.6 Å². The highest BCUT2D eigenvalue weighted by atomic mass is 19.1. The zero-order valence-corrected chi connectivity index (χ0v) is 14.2. The van der Waals surface area contributed by atoms with Crippen molar-refractivity contribution in [1.82, 2.24) is 10.2 Å². The average Bonchev–Trinajstić information content (AvgIpc) is 2.65. The zero-order chi connectivity index (χ0) is 19.4. The molecule has 0 unspecified atom stereocenters. The molecule has 2 N–H and O–H groups in total. The van der Waals surface area contributed by atoms with Crippen LogP contribution in [-0.2, 0) is 0 Å². The largest absolute Gasteiger partial charge is 0.339 e. The lowest BCUT2D eigenvalue weighted by molar-refractivity contribution is 0.101. The van der Waals surface area contributed by atoms with E-state index in [1.165, 1.54) is 25.1 Å². The lowest BCUT2D eigenvalue weighted by Crippen LogP contribution is -2.16. The molecule has 3 rings (SSSR count). The maximum Gasteiger partial charge on any atom is 0.276 e. The van der Waals surface area contributed by atoms with E-state index in [2.05, 4.69) is 20.8 Å². The lowest BCUT2D eigenvalue weighted by atomic mass is 10.1. The van der Waals surface area contributed by atoms with Crippen LogP contribution in [0.5, 0.6) is 0 Å². The minimum Gasteiger partial charge on any atom is -0.339 e. The maximum absolute atomic E-state index is 13.6. The number of carbonyl (C=O) groups excluding carboxylic acids is 2. The molecular weight excluding hydrogens is 354 g/mol. The van der Waals surface area contributed by atoms with Gasteiger partial charge in [0, 0.05) is 11.3 Å². The normalized spacial score (nSPS) is 10.3. The van der Waals surface area contributed by atoms with Crippen molar-refractivity contribution in [2.75, 3.05) is 10.6 Å². The van der Waals surface area contributed by atoms with Crippen LogP contribution in [0.3, 0.4) is 0 Å². The third-order valence-electron chi connectivity index (χ3n) is 3.64. The Morgan fingerprint density at radius 1 is 0.926 bits per heavy atom. The summed E-state index contributed by atoms with van der Waals surface area (Å²) in [5.41, 5.74) is 0.506. The summed E-state index contributed by atoms with van der Waals surface area (Å²) in [6, 6.07) is 12.9. The maximum atomic E-state index is 13.6. The second-order valence-electron chi connectivity index (χ2n) is 5.62. The lowest BCUT2D eigenvalue weighted by Gasteiger charge is -2.08. The first-order chi connectivity index (χ1) is 12.9. The summed E-state index contributed by atoms with van der Waals surface area (Å²) in [5, 5.41) is 12.7. The van der Waals surface area contributed by atoms with Gasteiger partial charge in [0.25, 0.3) is 5.91 Å². The first-order valence-corrected chi connectivity index (χ1v) is 7.91. The molecule has 1 amide bonds. The third kappa shape index (κ3) is 4.30. The van der Waals surface area contributed by atoms with Crippen molar-refractivity contribution in [3.05, 3.63) is 77.5 Å². The molecule has 1 heterocycles. The Kier molecular flexibility index (Phi) is 5.16. The highest BCUT2D eigenvalue weighted by molar-refractivity contribution is 6.03. The molecule has 0 aliphatic carbocycles. The van der Waals surface area contributed by atoms with Gasteiger partial charge in [-0.1, -0.05) is 18.2 Å². The van der Waals surface area contributed by atoms with Crippen molar-refractivity contribution >= 4 is 28.9 Å². The highest BCUT2D eigenvalue weighted by Crippen LogP contribution is 2.19. The van der Waals surface area contributed by atoms with Crippen LogP contribution in [-0.4, -0.2) is 21.9 Å². The molecule has 0 saturated heterocycles. The molecule has 3 aromatic rings. The van der Waals surface area contributed by atoms with E-state index in [1.54, 1.807) is 24.3 Å². The van der Waals surface area contributed by atoms with Crippen LogP contribution in [0.2, 0.25) is 0 Å². The molecule has 27 heavy (non-hydrogen) atoms. The SMILES string of the molecule is CC(=O)c1cccc(Nc2ccc(C(=O)Nc3c(F)cccc3F)nn2)c1. The Hall–Kier alpha value is -3.68. The summed E-state index contributed by atoms with van der Waals surface area (Å²) in [6.45, 7) is 1.46. The van der Waals surface area contributed by atoms with Gasteiger partial charge in [-0.2, -0.15) is 0 Å². The first kappa shape index (κ1) is 18.1. The van der Waals surface area contributed by atoms with Gasteiger partial charge in [0.2, 0.25) is 0 Å². The fraction of sp³-hybridized carbons (Fsp3) is 0.0526. The molecule has 1 aromatic heterocycles. The van der Waals surface area contributed by atoms with E-state index in [1.807, 2.05) is 0 Å². The molecule has 0 atom stereocenters. The highest BCUT2D eigenvalue weighted by Gasteiger charge is 2.15. The van der Waals surface area contributed by atoms with E-state index < -0.39 is 23.2 Å². The summed E-state index contributed by atoms with van der Waals surface area (Å²) >= 11 is 0. The number of ketones is 1. The van der Waals surface area contributed by atoms with E-state index in [0.717, 1.165) is 12.1 Å². The molecule has 0 spiro atoms. The van der Waals surface area contributed by atoms with Gasteiger partial charge in [0.05, 0.1) is 0 Å². The summed E-state index contributed by atoms with van der Waals surface area (Å²) in [6.07, 6.45) is 0. The Bertz CT molecular complexity index is 987. The van der Waals surface area contributed by atoms with Crippen molar-refractivity contribution in [3.8, 4) is 0 Å². The number of Topliss-reactive ketones (excluding diaryl/α,β-unsaturated/α-hetero) is 1. The van der Waals surface area contributed by atoms with Crippen molar-refractivity contribution in [2.24, 2.45) is 0 Å². The van der Waals surface area contributed by atoms with E-state index in [-0.39, 0.29) is 11.5 Å². The summed E-state index contributed by atoms with van der Waals surface area (Å²) in [4.78, 5) is 23.5. The van der Waals surface area contributed by atoms with E-state index in [9.17, 15) is 18.4 Å². The van der Waals surface area contributed by atoms with Gasteiger partial charge in [-0.05, 0) is 43.3 Å². The topological polar surface area (TPSA) is 84.0 Å². The Morgan fingerprint density at radius 3 is 2.26 bits per heavy atom. The van der Waals surface area contributed by atoms with Gasteiger partial charge in [-0.3, -0.25) is 9.59 Å². The molecule has 0 bridgehead atoms. The minimum absolute atomic E-state index is 0.0721. The van der Waals surface area contributed by atoms with Gasteiger partial charge in [0.1, 0.15) is 17.3 Å². The predicted octanol–water partition coefficient (Wildman–Crippen LogP) is 3.95. The van der Waals surface area contributed by atoms with Crippen molar-refractivity contribution < 1.29 is 18.4 Å². The zero-order valence-electron chi connectivity index (χ0n) is 14.2. The van der Waals surface area contributed by atoms with Crippen molar-refractivity contribution in [1.29, 1.82) is 0 Å². The Balaban J connectivity index is 1.72. The molecular formula is C19H14F2N4O2. The number of halogens is 2. The number of carbonyl (C=O) groups is 2. The second-order valence-corrected chi connectivity index (χ2v) is 5.62. The summed E-state index contributed by atoms with van der Waals surface area (Å²) in [7, 11) is 0. The number of nitrogens with zero attached hydrogens (tertiary/aromatic N) is 2. The van der Waals surface area contributed by atoms with Gasteiger partial charge >= 0.3 is 0 Å². The molecule has 0 fully saturated rings. The van der Waals surface area contributed by atoms with Gasteiger partial charge in [0.15, 0.2) is 17.3 Å². The number of rotatable bonds is 5. The van der Waals surface area contributed by atoms with Crippen LogP contribution >= 0.6 is 0 Å². The number of benzene rings is 2. The van der Waals surface area contributed by atoms with Gasteiger partial charge in [-0.15, -0.1) is 10.2 Å². The minimum atomic E-state index is -0.889. The number of anilines is 3. The fourth-order valence-corrected chi connectivity index (χ4v) is 2.28. The Labute approximate surface area is 153 Å². The summed E-state index contributed by atoms with van der Waals surface area (Å²) < 4.78 is 27.2. The van der Waals surface area contributed by atoms with Crippen LogP contribution in [0.1, 0.15) is 27.8 Å². The molecule has 2 aromatic carbocycles. The van der Waals surface area contributed by atoms with E-state index in [4.69, 9.17) is 0 Å². The number of aromatic nitrogens is 2. The number of para-hydroxylation sites is 1. The molecule has 0 radical (unpaired) electrons. The number of nitrogens with one attached hydrogen (secondary N) is 2. The molecule has 0 aliphatic heterocycles. The van der Waals surface area contributed by atoms with Crippen LogP contribution in [0, 0.1) is 11.6 Å². The van der Waals surface area contributed by atoms with Gasteiger partial charge in [-0.25, -0.2) is 8.78 Å². The number of hydrogen-bond acceptors (Lipinski definition) is 5. The third-order valence-corrected chi connectivity index (χ3v) is 3.64. The van der Waals surface area contributed by atoms with Crippen molar-refractivity contribution in [2.45, 2.75) is 6.92 Å². The van der Waals surface area contributed by atoms with E-state index >= 15 is 0 Å². The second kappa shape index (κ2) is 7.69. The standard InChI is InChI=1S/C19H14F2N4O2/c1-11(26)12-4-2-5-13(10-12)22-17-9-8-16(24-25-17)19(27)23-18-14(20)6-3-7-15(18)21/h2-10H,1H3,(H,22,25)(H,23,27). The quantitative estimate of drug-likeness (QED) is 0.666. The number of hydrogen-bond donors (Lipinski definition) is 2. The molecule has 136 valence electrons. The monoisotopic (exact) mass is 368 g/mol. The Morgan fingerprint density at radius 2 is 1.63 bits per heavy atom. The average molecular weight is 368 g/mol. The fourth-order valence-electron chi connectivity index (χ4n) is 2.28. The van der Waals surface area contributed by atoms with Crippen LogP contribution in [0.25, 0.3) is 0 Å². The van der Waals surface area contributed by atoms with Crippen LogP contribution < -0.4 is 10.6 Å².